The molecule has 1 aromatic heterocycles. The van der Waals surface area contributed by atoms with Crippen molar-refractivity contribution in [3.63, 3.8) is 0 Å². The number of nitrogens with one attached hydrogen (secondary N) is 1. The smallest absolute Gasteiger partial charge is 0.0947 e. The molecule has 0 saturated heterocycles. The molecule has 96 valence electrons. The molecular formula is C15H21N3. The molecule has 1 aromatic carbocycles. The van der Waals surface area contributed by atoms with Gasteiger partial charge in [0.05, 0.1) is 18.1 Å². The molecule has 1 atom stereocenters. The molecule has 0 fully saturated rings. The van der Waals surface area contributed by atoms with Gasteiger partial charge in [-0.25, -0.2) is 4.98 Å². The van der Waals surface area contributed by atoms with Crippen LogP contribution in [0.2, 0.25) is 0 Å². The van der Waals surface area contributed by atoms with Crippen molar-refractivity contribution in [2.45, 2.75) is 25.8 Å². The summed E-state index contributed by atoms with van der Waals surface area (Å²) in [6, 6.07) is 8.93. The van der Waals surface area contributed by atoms with E-state index < -0.39 is 0 Å². The zero-order chi connectivity index (χ0) is 13.1. The van der Waals surface area contributed by atoms with Crippen LogP contribution >= 0.6 is 0 Å². The Morgan fingerprint density at radius 3 is 2.17 bits per heavy atom. The van der Waals surface area contributed by atoms with Crippen molar-refractivity contribution in [1.82, 2.24) is 14.9 Å². The first-order valence-corrected chi connectivity index (χ1v) is 6.36. The van der Waals surface area contributed by atoms with Crippen molar-refractivity contribution in [1.29, 1.82) is 0 Å². The van der Waals surface area contributed by atoms with Gasteiger partial charge in [-0.1, -0.05) is 38.1 Å². The van der Waals surface area contributed by atoms with E-state index in [0.29, 0.717) is 5.92 Å². The molecular weight excluding hydrogens is 222 g/mol. The summed E-state index contributed by atoms with van der Waals surface area (Å²) < 4.78 is 1.97. The minimum Gasteiger partial charge on any atom is -0.340 e. The van der Waals surface area contributed by atoms with Gasteiger partial charge in [0.2, 0.25) is 0 Å². The summed E-state index contributed by atoms with van der Waals surface area (Å²) in [7, 11) is 3.96. The van der Waals surface area contributed by atoms with Crippen LogP contribution in [0.15, 0.2) is 36.8 Å². The summed E-state index contributed by atoms with van der Waals surface area (Å²) in [4.78, 5) is 4.42. The molecule has 0 spiro atoms. The lowest BCUT2D eigenvalue weighted by Crippen LogP contribution is -2.18. The first kappa shape index (κ1) is 12.8. The highest BCUT2D eigenvalue weighted by atomic mass is 15.0. The summed E-state index contributed by atoms with van der Waals surface area (Å²) in [5, 5.41) is 3.32. The molecule has 0 radical (unpaired) electrons. The van der Waals surface area contributed by atoms with Gasteiger partial charge in [-0.05, 0) is 24.1 Å². The van der Waals surface area contributed by atoms with Crippen molar-refractivity contribution in [3.05, 3.63) is 53.6 Å². The predicted molar refractivity (Wildman–Crippen MR) is 74.6 cm³/mol. The van der Waals surface area contributed by atoms with Gasteiger partial charge in [-0.3, -0.25) is 0 Å². The average Bonchev–Trinajstić information content (AvgIpc) is 2.77. The van der Waals surface area contributed by atoms with E-state index >= 15 is 0 Å². The monoisotopic (exact) mass is 243 g/mol. The lowest BCUT2D eigenvalue weighted by Gasteiger charge is -2.15. The molecule has 0 aliphatic rings. The van der Waals surface area contributed by atoms with Crippen molar-refractivity contribution < 1.29 is 0 Å². The Bertz CT molecular complexity index is 497. The van der Waals surface area contributed by atoms with Gasteiger partial charge >= 0.3 is 0 Å². The normalized spacial score (nSPS) is 12.9. The van der Waals surface area contributed by atoms with Crippen LogP contribution in [-0.4, -0.2) is 16.6 Å². The van der Waals surface area contributed by atoms with Crippen LogP contribution < -0.4 is 5.32 Å². The Balaban J connectivity index is 2.28. The molecule has 0 amide bonds. The number of rotatable bonds is 4. The number of hydrogen-bond donors (Lipinski definition) is 1. The quantitative estimate of drug-likeness (QED) is 0.895. The first-order chi connectivity index (χ1) is 8.61. The van der Waals surface area contributed by atoms with Gasteiger partial charge in [-0.15, -0.1) is 0 Å². The first-order valence-electron chi connectivity index (χ1n) is 6.36. The fourth-order valence-corrected chi connectivity index (χ4v) is 2.14. The molecule has 3 nitrogen and oxygen atoms in total. The second kappa shape index (κ2) is 5.36. The molecule has 2 aromatic rings. The highest BCUT2D eigenvalue weighted by molar-refractivity contribution is 5.31. The minimum absolute atomic E-state index is 0.160. The number of aromatic nitrogens is 2. The number of aryl methyl sites for hydroxylation is 1. The lowest BCUT2D eigenvalue weighted by molar-refractivity contribution is 0.673. The summed E-state index contributed by atoms with van der Waals surface area (Å²) in [6.45, 7) is 4.42. The van der Waals surface area contributed by atoms with Crippen molar-refractivity contribution in [2.24, 2.45) is 7.05 Å². The van der Waals surface area contributed by atoms with Crippen LogP contribution in [0.25, 0.3) is 0 Å². The number of benzene rings is 1. The highest BCUT2D eigenvalue weighted by Gasteiger charge is 2.14. The Hall–Kier alpha value is -1.61. The Morgan fingerprint density at radius 1 is 1.11 bits per heavy atom. The van der Waals surface area contributed by atoms with E-state index in [2.05, 4.69) is 54.6 Å². The van der Waals surface area contributed by atoms with Gasteiger partial charge < -0.3 is 9.88 Å². The van der Waals surface area contributed by atoms with Gasteiger partial charge in [0.25, 0.3) is 0 Å². The van der Waals surface area contributed by atoms with Crippen molar-refractivity contribution in [2.75, 3.05) is 7.05 Å². The topological polar surface area (TPSA) is 29.9 Å². The predicted octanol–water partition coefficient (Wildman–Crippen LogP) is 2.85. The van der Waals surface area contributed by atoms with E-state index in [0.717, 1.165) is 5.69 Å². The van der Waals surface area contributed by atoms with Crippen LogP contribution in [0.3, 0.4) is 0 Å². The zero-order valence-electron chi connectivity index (χ0n) is 11.5. The maximum Gasteiger partial charge on any atom is 0.0947 e. The maximum absolute atomic E-state index is 4.42. The molecule has 0 aliphatic heterocycles. The van der Waals surface area contributed by atoms with Crippen molar-refractivity contribution >= 4 is 0 Å². The fraction of sp³-hybridized carbons (Fsp3) is 0.400. The third-order valence-electron chi connectivity index (χ3n) is 3.25. The van der Waals surface area contributed by atoms with Crippen LogP contribution in [0.5, 0.6) is 0 Å². The summed E-state index contributed by atoms with van der Waals surface area (Å²) in [5.74, 6) is 0.571. The summed E-state index contributed by atoms with van der Waals surface area (Å²) >= 11 is 0. The number of imidazole rings is 1. The zero-order valence-corrected chi connectivity index (χ0v) is 11.5. The van der Waals surface area contributed by atoms with E-state index in [-0.39, 0.29) is 6.04 Å². The molecule has 1 heterocycles. The highest BCUT2D eigenvalue weighted by Crippen LogP contribution is 2.22. The fourth-order valence-electron chi connectivity index (χ4n) is 2.14. The molecule has 18 heavy (non-hydrogen) atoms. The van der Waals surface area contributed by atoms with Gasteiger partial charge in [-0.2, -0.15) is 0 Å². The van der Waals surface area contributed by atoms with Gasteiger partial charge in [0.1, 0.15) is 0 Å². The molecule has 3 heteroatoms. The van der Waals surface area contributed by atoms with E-state index in [1.807, 2.05) is 25.0 Å². The molecule has 0 aliphatic carbocycles. The standard InChI is InChI=1S/C15H21N3/c1-11(2)12-5-7-13(8-6-12)15(16-3)14-9-18(4)10-17-14/h5-11,15-16H,1-4H3. The second-order valence-electron chi connectivity index (χ2n) is 5.01. The van der Waals surface area contributed by atoms with Crippen LogP contribution in [0, 0.1) is 0 Å². The SMILES string of the molecule is CNC(c1ccc(C(C)C)cc1)c1cn(C)cn1. The van der Waals surface area contributed by atoms with Gasteiger partial charge in [0.15, 0.2) is 0 Å². The number of nitrogens with zero attached hydrogens (tertiary/aromatic N) is 2. The van der Waals surface area contributed by atoms with Gasteiger partial charge in [0, 0.05) is 13.2 Å². The molecule has 1 unspecified atom stereocenters. The van der Waals surface area contributed by atoms with E-state index in [9.17, 15) is 0 Å². The third kappa shape index (κ3) is 2.62. The molecule has 1 N–H and O–H groups in total. The van der Waals surface area contributed by atoms with E-state index in [1.165, 1.54) is 11.1 Å². The maximum atomic E-state index is 4.42. The summed E-state index contributed by atoms with van der Waals surface area (Å²) in [5.41, 5.74) is 3.67. The van der Waals surface area contributed by atoms with E-state index in [1.54, 1.807) is 0 Å². The Kier molecular flexibility index (Phi) is 3.82. The Morgan fingerprint density at radius 2 is 1.72 bits per heavy atom. The van der Waals surface area contributed by atoms with Crippen LogP contribution in [0.4, 0.5) is 0 Å². The van der Waals surface area contributed by atoms with Crippen LogP contribution in [0.1, 0.15) is 42.6 Å². The second-order valence-corrected chi connectivity index (χ2v) is 5.01. The lowest BCUT2D eigenvalue weighted by atomic mass is 9.98. The van der Waals surface area contributed by atoms with Crippen LogP contribution in [-0.2, 0) is 7.05 Å². The molecule has 2 rings (SSSR count). The number of hydrogen-bond acceptors (Lipinski definition) is 2. The molecule has 0 bridgehead atoms. The molecule has 0 saturated carbocycles. The third-order valence-corrected chi connectivity index (χ3v) is 3.25. The Labute approximate surface area is 109 Å². The largest absolute Gasteiger partial charge is 0.340 e. The average molecular weight is 243 g/mol. The van der Waals surface area contributed by atoms with Crippen molar-refractivity contribution in [3.8, 4) is 0 Å². The summed E-state index contributed by atoms with van der Waals surface area (Å²) in [6.07, 6.45) is 3.89. The van der Waals surface area contributed by atoms with E-state index in [4.69, 9.17) is 0 Å². The minimum atomic E-state index is 0.160.